The average molecular weight is 356 g/mol. The number of carboxylic acids is 1. The molecule has 5 heteroatoms. The number of benzene rings is 1. The topological polar surface area (TPSA) is 63.3 Å². The van der Waals surface area contributed by atoms with Crippen LogP contribution in [0.3, 0.4) is 0 Å². The van der Waals surface area contributed by atoms with Crippen LogP contribution in [-0.4, -0.2) is 11.1 Å². The number of hydrogen-bond acceptors (Lipinski definition) is 2. The van der Waals surface area contributed by atoms with E-state index in [4.69, 9.17) is 10.8 Å². The molecule has 0 amide bonds. The Labute approximate surface area is 97.6 Å². The Bertz CT molecular complexity index is 343. The summed E-state index contributed by atoms with van der Waals surface area (Å²) in [5, 5.41) is 8.66. The van der Waals surface area contributed by atoms with E-state index in [9.17, 15) is 4.79 Å². The van der Waals surface area contributed by atoms with Crippen LogP contribution in [0.5, 0.6) is 0 Å². The molecule has 0 heterocycles. The summed E-state index contributed by atoms with van der Waals surface area (Å²) in [6.07, 6.45) is 0. The molecular weight excluding hydrogens is 349 g/mol. The molecule has 70 valence electrons. The summed E-state index contributed by atoms with van der Waals surface area (Å²) < 4.78 is 1.89. The van der Waals surface area contributed by atoms with E-state index in [0.717, 1.165) is 8.04 Å². The van der Waals surface area contributed by atoms with Crippen LogP contribution >= 0.6 is 38.5 Å². The molecule has 3 N–H and O–H groups in total. The van der Waals surface area contributed by atoms with Crippen molar-refractivity contribution in [3.63, 3.8) is 0 Å². The smallest absolute Gasteiger partial charge is 0.325 e. The lowest BCUT2D eigenvalue weighted by Gasteiger charge is -2.07. The van der Waals surface area contributed by atoms with Crippen LogP contribution in [0.2, 0.25) is 0 Å². The SMILES string of the molecule is N[C@@H](C(=O)O)c1ccc(Br)c(I)c1. The Morgan fingerprint density at radius 3 is 2.69 bits per heavy atom. The monoisotopic (exact) mass is 355 g/mol. The maximum absolute atomic E-state index is 10.6. The third-order valence-electron chi connectivity index (χ3n) is 1.57. The molecule has 1 atom stereocenters. The van der Waals surface area contributed by atoms with Gasteiger partial charge in [0.15, 0.2) is 0 Å². The van der Waals surface area contributed by atoms with Crippen LogP contribution in [0, 0.1) is 3.57 Å². The predicted molar refractivity (Wildman–Crippen MR) is 61.4 cm³/mol. The van der Waals surface area contributed by atoms with E-state index in [0.29, 0.717) is 5.56 Å². The van der Waals surface area contributed by atoms with Crippen LogP contribution in [0.4, 0.5) is 0 Å². The van der Waals surface area contributed by atoms with Crippen molar-refractivity contribution in [1.29, 1.82) is 0 Å². The molecule has 0 saturated heterocycles. The average Bonchev–Trinajstić information content (AvgIpc) is 2.08. The molecule has 0 aliphatic carbocycles. The molecule has 0 aromatic heterocycles. The molecule has 1 rings (SSSR count). The lowest BCUT2D eigenvalue weighted by molar-refractivity contribution is -0.138. The van der Waals surface area contributed by atoms with Gasteiger partial charge in [-0.2, -0.15) is 0 Å². The minimum absolute atomic E-state index is 0.611. The van der Waals surface area contributed by atoms with Gasteiger partial charge in [-0.05, 0) is 56.2 Å². The van der Waals surface area contributed by atoms with Gasteiger partial charge < -0.3 is 10.8 Å². The zero-order valence-electron chi connectivity index (χ0n) is 6.50. The summed E-state index contributed by atoms with van der Waals surface area (Å²) >= 11 is 5.43. The largest absolute Gasteiger partial charge is 0.480 e. The van der Waals surface area contributed by atoms with Gasteiger partial charge in [-0.3, -0.25) is 4.79 Å². The fourth-order valence-electron chi connectivity index (χ4n) is 0.848. The summed E-state index contributed by atoms with van der Waals surface area (Å²) in [6.45, 7) is 0. The minimum atomic E-state index is -1.02. The second-order valence-corrected chi connectivity index (χ2v) is 4.51. The molecule has 0 radical (unpaired) electrons. The highest BCUT2D eigenvalue weighted by atomic mass is 127. The quantitative estimate of drug-likeness (QED) is 0.799. The van der Waals surface area contributed by atoms with Gasteiger partial charge in [-0.1, -0.05) is 6.07 Å². The maximum Gasteiger partial charge on any atom is 0.325 e. The van der Waals surface area contributed by atoms with E-state index >= 15 is 0 Å². The fourth-order valence-corrected chi connectivity index (χ4v) is 1.63. The molecular formula is C8H7BrINO2. The molecule has 3 nitrogen and oxygen atoms in total. The van der Waals surface area contributed by atoms with Crippen molar-refractivity contribution >= 4 is 44.5 Å². The summed E-state index contributed by atoms with van der Waals surface area (Å²) in [5.74, 6) is -1.02. The van der Waals surface area contributed by atoms with Crippen LogP contribution in [0.15, 0.2) is 22.7 Å². The normalized spacial score (nSPS) is 12.5. The lowest BCUT2D eigenvalue weighted by atomic mass is 10.1. The van der Waals surface area contributed by atoms with Crippen molar-refractivity contribution in [2.24, 2.45) is 5.73 Å². The molecule has 0 unspecified atom stereocenters. The van der Waals surface area contributed by atoms with Gasteiger partial charge in [-0.15, -0.1) is 0 Å². The van der Waals surface area contributed by atoms with Gasteiger partial charge in [0, 0.05) is 8.04 Å². The van der Waals surface area contributed by atoms with E-state index in [-0.39, 0.29) is 0 Å². The zero-order valence-corrected chi connectivity index (χ0v) is 10.2. The minimum Gasteiger partial charge on any atom is -0.480 e. The number of halogens is 2. The first-order valence-electron chi connectivity index (χ1n) is 3.45. The molecule has 0 aliphatic rings. The van der Waals surface area contributed by atoms with E-state index in [1.54, 1.807) is 18.2 Å². The van der Waals surface area contributed by atoms with E-state index < -0.39 is 12.0 Å². The third kappa shape index (κ3) is 2.65. The van der Waals surface area contributed by atoms with Gasteiger partial charge in [-0.25, -0.2) is 0 Å². The Morgan fingerprint density at radius 2 is 2.23 bits per heavy atom. The molecule has 13 heavy (non-hydrogen) atoms. The van der Waals surface area contributed by atoms with Gasteiger partial charge >= 0.3 is 5.97 Å². The molecule has 0 aliphatic heterocycles. The van der Waals surface area contributed by atoms with Crippen LogP contribution in [0.1, 0.15) is 11.6 Å². The number of nitrogens with two attached hydrogens (primary N) is 1. The summed E-state index contributed by atoms with van der Waals surface area (Å²) in [4.78, 5) is 10.6. The first kappa shape index (κ1) is 10.9. The van der Waals surface area contributed by atoms with E-state index in [2.05, 4.69) is 38.5 Å². The molecule has 0 fully saturated rings. The lowest BCUT2D eigenvalue weighted by Crippen LogP contribution is -2.20. The van der Waals surface area contributed by atoms with Crippen molar-refractivity contribution < 1.29 is 9.90 Å². The second kappa shape index (κ2) is 4.39. The number of aliphatic carboxylic acids is 1. The van der Waals surface area contributed by atoms with Crippen LogP contribution in [0.25, 0.3) is 0 Å². The first-order chi connectivity index (χ1) is 6.02. The van der Waals surface area contributed by atoms with E-state index in [1.807, 2.05) is 0 Å². The third-order valence-corrected chi connectivity index (χ3v) is 3.89. The molecule has 1 aromatic carbocycles. The summed E-state index contributed by atoms with van der Waals surface area (Å²) in [6, 6.07) is 4.30. The zero-order chi connectivity index (χ0) is 10.0. The Hall–Kier alpha value is -0.140. The Balaban J connectivity index is 3.03. The number of carboxylic acid groups (broad SMARTS) is 1. The first-order valence-corrected chi connectivity index (χ1v) is 5.33. The summed E-state index contributed by atoms with van der Waals surface area (Å²) in [5.41, 5.74) is 6.05. The van der Waals surface area contributed by atoms with Gasteiger partial charge in [0.1, 0.15) is 6.04 Å². The highest BCUT2D eigenvalue weighted by Crippen LogP contribution is 2.22. The summed E-state index contributed by atoms with van der Waals surface area (Å²) in [7, 11) is 0. The van der Waals surface area contributed by atoms with Crippen molar-refractivity contribution in [1.82, 2.24) is 0 Å². The number of carbonyl (C=O) groups is 1. The van der Waals surface area contributed by atoms with Crippen LogP contribution in [-0.2, 0) is 4.79 Å². The Kier molecular flexibility index (Phi) is 3.69. The van der Waals surface area contributed by atoms with Gasteiger partial charge in [0.25, 0.3) is 0 Å². The van der Waals surface area contributed by atoms with Crippen molar-refractivity contribution in [2.75, 3.05) is 0 Å². The maximum atomic E-state index is 10.6. The molecule has 0 spiro atoms. The highest BCUT2D eigenvalue weighted by molar-refractivity contribution is 14.1. The van der Waals surface area contributed by atoms with Crippen LogP contribution < -0.4 is 5.73 Å². The van der Waals surface area contributed by atoms with E-state index in [1.165, 1.54) is 0 Å². The number of hydrogen-bond donors (Lipinski definition) is 2. The highest BCUT2D eigenvalue weighted by Gasteiger charge is 2.14. The van der Waals surface area contributed by atoms with Crippen molar-refractivity contribution in [3.8, 4) is 0 Å². The standard InChI is InChI=1S/C8H7BrINO2/c9-5-2-1-4(3-6(5)10)7(11)8(12)13/h1-3,7H,11H2,(H,12,13)/t7-/m1/s1. The number of rotatable bonds is 2. The predicted octanol–water partition coefficient (Wildman–Crippen LogP) is 2.14. The molecule has 0 saturated carbocycles. The molecule has 0 bridgehead atoms. The Morgan fingerprint density at radius 1 is 1.62 bits per heavy atom. The fraction of sp³-hybridized carbons (Fsp3) is 0.125. The molecule has 1 aromatic rings. The van der Waals surface area contributed by atoms with Gasteiger partial charge in [0.05, 0.1) is 0 Å². The van der Waals surface area contributed by atoms with Gasteiger partial charge in [0.2, 0.25) is 0 Å². The second-order valence-electron chi connectivity index (χ2n) is 2.49. The van der Waals surface area contributed by atoms with Crippen molar-refractivity contribution in [2.45, 2.75) is 6.04 Å². The van der Waals surface area contributed by atoms with Crippen molar-refractivity contribution in [3.05, 3.63) is 31.8 Å².